The van der Waals surface area contributed by atoms with Crippen LogP contribution < -0.4 is 15.4 Å². The second kappa shape index (κ2) is 9.61. The summed E-state index contributed by atoms with van der Waals surface area (Å²) in [5, 5.41) is 14.6. The topological polar surface area (TPSA) is 89.2 Å². The molecule has 136 valence electrons. The number of hydrogen-bond donors (Lipinski definition) is 2. The van der Waals surface area contributed by atoms with Crippen LogP contribution in [-0.4, -0.2) is 45.4 Å². The Bertz CT molecular complexity index is 664. The molecule has 0 saturated carbocycles. The highest BCUT2D eigenvalue weighted by Crippen LogP contribution is 2.09. The number of guanidine groups is 1. The third-order valence-electron chi connectivity index (χ3n) is 3.49. The van der Waals surface area contributed by atoms with Crippen LogP contribution in [0.15, 0.2) is 29.6 Å². The van der Waals surface area contributed by atoms with Crippen molar-refractivity contribution in [2.24, 2.45) is 4.99 Å². The van der Waals surface area contributed by atoms with Crippen LogP contribution in [0.1, 0.15) is 32.2 Å². The molecule has 0 aliphatic heterocycles. The van der Waals surface area contributed by atoms with Gasteiger partial charge in [0.1, 0.15) is 12.2 Å². The van der Waals surface area contributed by atoms with Crippen LogP contribution in [0.4, 0.5) is 0 Å². The van der Waals surface area contributed by atoms with Gasteiger partial charge in [-0.05, 0) is 19.4 Å². The first kappa shape index (κ1) is 18.7. The summed E-state index contributed by atoms with van der Waals surface area (Å²) in [6.07, 6.45) is 4.56. The lowest BCUT2D eigenvalue weighted by Gasteiger charge is -2.13. The van der Waals surface area contributed by atoms with E-state index in [-0.39, 0.29) is 6.10 Å². The van der Waals surface area contributed by atoms with Gasteiger partial charge in [-0.15, -0.1) is 10.2 Å². The van der Waals surface area contributed by atoms with E-state index < -0.39 is 0 Å². The van der Waals surface area contributed by atoms with Gasteiger partial charge in [-0.2, -0.15) is 0 Å². The molecule has 0 bridgehead atoms. The van der Waals surface area contributed by atoms with Crippen LogP contribution in [0, 0.1) is 0 Å². The normalized spacial score (nSPS) is 11.6. The largest absolute Gasteiger partial charge is 0.475 e. The number of pyridine rings is 1. The van der Waals surface area contributed by atoms with E-state index in [0.717, 1.165) is 36.9 Å². The zero-order valence-electron chi connectivity index (χ0n) is 15.4. The van der Waals surface area contributed by atoms with E-state index in [1.165, 1.54) is 0 Å². The van der Waals surface area contributed by atoms with Gasteiger partial charge in [0.25, 0.3) is 0 Å². The number of aryl methyl sites for hydroxylation is 1. The first-order valence-electron chi connectivity index (χ1n) is 8.55. The zero-order valence-corrected chi connectivity index (χ0v) is 15.4. The molecule has 8 heteroatoms. The van der Waals surface area contributed by atoms with Crippen molar-refractivity contribution >= 4 is 5.96 Å². The Morgan fingerprint density at radius 3 is 2.80 bits per heavy atom. The highest BCUT2D eigenvalue weighted by Gasteiger charge is 2.03. The van der Waals surface area contributed by atoms with Crippen molar-refractivity contribution in [1.29, 1.82) is 0 Å². The van der Waals surface area contributed by atoms with E-state index >= 15 is 0 Å². The third-order valence-corrected chi connectivity index (χ3v) is 3.49. The monoisotopic (exact) mass is 345 g/mol. The summed E-state index contributed by atoms with van der Waals surface area (Å²) in [6.45, 7) is 8.21. The fourth-order valence-electron chi connectivity index (χ4n) is 2.27. The molecule has 0 saturated heterocycles. The minimum atomic E-state index is 0.124. The molecule has 0 aliphatic carbocycles. The molecule has 2 N–H and O–H groups in total. The molecular weight excluding hydrogens is 318 g/mol. The van der Waals surface area contributed by atoms with E-state index in [0.29, 0.717) is 12.4 Å². The molecule has 0 radical (unpaired) electrons. The molecule has 0 atom stereocenters. The number of hydrogen-bond acceptors (Lipinski definition) is 5. The number of aliphatic imine (C=N–C) groups is 1. The lowest BCUT2D eigenvalue weighted by atomic mass is 10.3. The predicted octanol–water partition coefficient (Wildman–Crippen LogP) is 1.39. The van der Waals surface area contributed by atoms with Gasteiger partial charge in [0, 0.05) is 45.4 Å². The van der Waals surface area contributed by atoms with Gasteiger partial charge in [0.2, 0.25) is 5.88 Å². The summed E-state index contributed by atoms with van der Waals surface area (Å²) >= 11 is 0. The molecule has 0 aliphatic rings. The standard InChI is InChI=1S/C17H27N7O/c1-5-15-23-22-12-24(15)9-8-19-17(18-4)21-11-14-6-7-16(20-10-14)25-13(2)3/h6-7,10,12-13H,5,8-9,11H2,1-4H3,(H2,18,19,21). The maximum Gasteiger partial charge on any atom is 0.213 e. The predicted molar refractivity (Wildman–Crippen MR) is 97.6 cm³/mol. The van der Waals surface area contributed by atoms with Gasteiger partial charge in [0.15, 0.2) is 5.96 Å². The lowest BCUT2D eigenvalue weighted by molar-refractivity contribution is 0.232. The Morgan fingerprint density at radius 1 is 1.32 bits per heavy atom. The number of aromatic nitrogens is 4. The number of rotatable bonds is 8. The molecule has 8 nitrogen and oxygen atoms in total. The van der Waals surface area contributed by atoms with Gasteiger partial charge in [-0.1, -0.05) is 13.0 Å². The molecule has 2 aromatic rings. The second-order valence-corrected chi connectivity index (χ2v) is 5.82. The van der Waals surface area contributed by atoms with Crippen molar-refractivity contribution in [1.82, 2.24) is 30.4 Å². The molecule has 2 rings (SSSR count). The van der Waals surface area contributed by atoms with Crippen LogP contribution in [0.2, 0.25) is 0 Å². The minimum Gasteiger partial charge on any atom is -0.475 e. The van der Waals surface area contributed by atoms with Crippen molar-refractivity contribution in [2.45, 2.75) is 46.4 Å². The molecule has 0 fully saturated rings. The van der Waals surface area contributed by atoms with Crippen molar-refractivity contribution in [2.75, 3.05) is 13.6 Å². The van der Waals surface area contributed by atoms with Gasteiger partial charge in [-0.25, -0.2) is 4.98 Å². The van der Waals surface area contributed by atoms with Gasteiger partial charge in [0.05, 0.1) is 6.10 Å². The summed E-state index contributed by atoms with van der Waals surface area (Å²) in [5.74, 6) is 2.37. The maximum atomic E-state index is 5.54. The Morgan fingerprint density at radius 2 is 2.16 bits per heavy atom. The van der Waals surface area contributed by atoms with E-state index in [2.05, 4.69) is 37.7 Å². The molecule has 2 aromatic heterocycles. The first-order chi connectivity index (χ1) is 12.1. The van der Waals surface area contributed by atoms with E-state index in [1.807, 2.05) is 36.7 Å². The van der Waals surface area contributed by atoms with Crippen molar-refractivity contribution in [3.63, 3.8) is 0 Å². The number of nitrogens with one attached hydrogen (secondary N) is 2. The second-order valence-electron chi connectivity index (χ2n) is 5.82. The molecule has 0 amide bonds. The fraction of sp³-hybridized carbons (Fsp3) is 0.529. The molecular formula is C17H27N7O. The molecule has 0 unspecified atom stereocenters. The summed E-state index contributed by atoms with van der Waals surface area (Å²) in [7, 11) is 1.75. The van der Waals surface area contributed by atoms with Gasteiger partial charge < -0.3 is 19.9 Å². The van der Waals surface area contributed by atoms with E-state index in [4.69, 9.17) is 4.74 Å². The highest BCUT2D eigenvalue weighted by molar-refractivity contribution is 5.79. The van der Waals surface area contributed by atoms with E-state index in [1.54, 1.807) is 13.4 Å². The highest BCUT2D eigenvalue weighted by atomic mass is 16.5. The average molecular weight is 345 g/mol. The molecule has 2 heterocycles. The van der Waals surface area contributed by atoms with Crippen molar-refractivity contribution in [3.8, 4) is 5.88 Å². The van der Waals surface area contributed by atoms with E-state index in [9.17, 15) is 0 Å². The summed E-state index contributed by atoms with van der Waals surface area (Å²) in [5.41, 5.74) is 1.06. The molecule has 25 heavy (non-hydrogen) atoms. The fourth-order valence-corrected chi connectivity index (χ4v) is 2.27. The Balaban J connectivity index is 1.76. The lowest BCUT2D eigenvalue weighted by Crippen LogP contribution is -2.38. The average Bonchev–Trinajstić information content (AvgIpc) is 3.06. The van der Waals surface area contributed by atoms with Crippen LogP contribution in [0.25, 0.3) is 0 Å². The van der Waals surface area contributed by atoms with Crippen molar-refractivity contribution in [3.05, 3.63) is 36.0 Å². The molecule has 0 spiro atoms. The number of nitrogens with zero attached hydrogens (tertiary/aromatic N) is 5. The maximum absolute atomic E-state index is 5.54. The van der Waals surface area contributed by atoms with Crippen LogP contribution in [-0.2, 0) is 19.5 Å². The van der Waals surface area contributed by atoms with Crippen LogP contribution >= 0.6 is 0 Å². The summed E-state index contributed by atoms with van der Waals surface area (Å²) < 4.78 is 7.58. The SMILES string of the molecule is CCc1nncn1CCNC(=NC)NCc1ccc(OC(C)C)nc1. The number of ether oxygens (including phenoxy) is 1. The van der Waals surface area contributed by atoms with Crippen LogP contribution in [0.3, 0.4) is 0 Å². The van der Waals surface area contributed by atoms with Gasteiger partial charge in [-0.3, -0.25) is 4.99 Å². The summed E-state index contributed by atoms with van der Waals surface area (Å²) in [4.78, 5) is 8.53. The van der Waals surface area contributed by atoms with Crippen LogP contribution in [0.5, 0.6) is 5.88 Å². The zero-order chi connectivity index (χ0) is 18.1. The Hall–Kier alpha value is -2.64. The smallest absolute Gasteiger partial charge is 0.213 e. The summed E-state index contributed by atoms with van der Waals surface area (Å²) in [6, 6.07) is 3.88. The Labute approximate surface area is 148 Å². The quantitative estimate of drug-likeness (QED) is 0.555. The minimum absolute atomic E-state index is 0.124. The Kier molecular flexibility index (Phi) is 7.18. The van der Waals surface area contributed by atoms with Crippen molar-refractivity contribution < 1.29 is 4.74 Å². The third kappa shape index (κ3) is 6.06. The van der Waals surface area contributed by atoms with Gasteiger partial charge >= 0.3 is 0 Å². The molecule has 0 aromatic carbocycles. The first-order valence-corrected chi connectivity index (χ1v) is 8.55.